The number of carbonyl (C=O) groups excluding carboxylic acids is 1. The summed E-state index contributed by atoms with van der Waals surface area (Å²) in [5, 5.41) is 5.38. The Morgan fingerprint density at radius 1 is 0.871 bits per heavy atom. The minimum absolute atomic E-state index is 0. The van der Waals surface area contributed by atoms with Crippen LogP contribution in [0.4, 0.5) is 5.69 Å². The van der Waals surface area contributed by atoms with Gasteiger partial charge in [0.15, 0.2) is 0 Å². The van der Waals surface area contributed by atoms with Crippen LogP contribution in [0.15, 0.2) is 54.6 Å². The molecule has 5 N–H and O–H groups in total. The quantitative estimate of drug-likeness (QED) is 0.389. The number of rotatable bonds is 10. The molecule has 0 fully saturated rings. The lowest BCUT2D eigenvalue weighted by Gasteiger charge is -2.15. The van der Waals surface area contributed by atoms with E-state index >= 15 is 0 Å². The average molecular weight is 444 g/mol. The van der Waals surface area contributed by atoms with Crippen molar-refractivity contribution >= 4 is 34.0 Å². The third-order valence-electron chi connectivity index (χ3n) is 4.50. The smallest absolute Gasteiger partial charge is 0.259 e. The Labute approximate surface area is 188 Å². The van der Waals surface area contributed by atoms with E-state index in [2.05, 4.69) is 5.32 Å². The maximum absolute atomic E-state index is 13.2. The minimum Gasteiger partial charge on any atom is -0.493 e. The molecule has 0 bridgehead atoms. The molecular weight excluding hydrogens is 414 g/mol. The van der Waals surface area contributed by atoms with Crippen molar-refractivity contribution < 1.29 is 14.3 Å². The third-order valence-corrected chi connectivity index (χ3v) is 4.73. The van der Waals surface area contributed by atoms with E-state index in [9.17, 15) is 4.79 Å². The molecule has 0 radical (unpaired) electrons. The summed E-state index contributed by atoms with van der Waals surface area (Å²) in [6, 6.07) is 16.6. The lowest BCUT2D eigenvalue weighted by atomic mass is 10.0. The minimum atomic E-state index is -0.297. The van der Waals surface area contributed by atoms with Crippen LogP contribution in [0.3, 0.4) is 0 Å². The predicted octanol–water partition coefficient (Wildman–Crippen LogP) is 4.84. The Hall–Kier alpha value is -2.80. The van der Waals surface area contributed by atoms with Gasteiger partial charge in [-0.25, -0.2) is 0 Å². The van der Waals surface area contributed by atoms with Crippen LogP contribution in [-0.4, -0.2) is 32.2 Å². The van der Waals surface area contributed by atoms with Gasteiger partial charge in [0.25, 0.3) is 5.91 Å². The molecule has 0 aliphatic heterocycles. The lowest BCUT2D eigenvalue weighted by molar-refractivity contribution is 0.102. The lowest BCUT2D eigenvalue weighted by Crippen LogP contribution is -2.16. The first-order valence-corrected chi connectivity index (χ1v) is 10.3. The molecule has 0 atom stereocenters. The Morgan fingerprint density at radius 3 is 2.13 bits per heavy atom. The van der Waals surface area contributed by atoms with Gasteiger partial charge in [-0.1, -0.05) is 43.3 Å². The summed E-state index contributed by atoms with van der Waals surface area (Å²) in [5.41, 5.74) is 12.1. The predicted molar refractivity (Wildman–Crippen MR) is 128 cm³/mol. The molecule has 31 heavy (non-hydrogen) atoms. The summed E-state index contributed by atoms with van der Waals surface area (Å²) in [6.45, 7) is 1.90. The molecule has 3 aromatic carbocycles. The molecule has 0 aliphatic rings. The van der Waals surface area contributed by atoms with Gasteiger partial charge in [-0.3, -0.25) is 4.79 Å². The first-order chi connectivity index (χ1) is 14.6. The largest absolute Gasteiger partial charge is 0.493 e. The monoisotopic (exact) mass is 443 g/mol. The number of amides is 1. The van der Waals surface area contributed by atoms with E-state index < -0.39 is 0 Å². The number of carbonyl (C=O) groups is 1. The summed E-state index contributed by atoms with van der Waals surface area (Å²) >= 11 is 6.10. The van der Waals surface area contributed by atoms with Gasteiger partial charge in [0.1, 0.15) is 11.5 Å². The first kappa shape index (κ1) is 24.5. The highest BCUT2D eigenvalue weighted by Gasteiger charge is 2.17. The molecule has 0 saturated heterocycles. The van der Waals surface area contributed by atoms with Crippen molar-refractivity contribution in [3.63, 3.8) is 0 Å². The molecule has 7 heteroatoms. The maximum atomic E-state index is 13.2. The number of hydrogen-bond acceptors (Lipinski definition) is 5. The maximum Gasteiger partial charge on any atom is 0.259 e. The van der Waals surface area contributed by atoms with Crippen LogP contribution in [0.2, 0.25) is 5.02 Å². The summed E-state index contributed by atoms with van der Waals surface area (Å²) < 4.78 is 11.6. The summed E-state index contributed by atoms with van der Waals surface area (Å²) in [7, 11) is 0. The van der Waals surface area contributed by atoms with E-state index in [4.69, 9.17) is 32.5 Å². The molecule has 0 unspecified atom stereocenters. The van der Waals surface area contributed by atoms with E-state index in [-0.39, 0.29) is 13.3 Å². The van der Waals surface area contributed by atoms with Crippen LogP contribution in [0, 0.1) is 0 Å². The summed E-state index contributed by atoms with van der Waals surface area (Å²) in [5.74, 6) is 0.712. The Kier molecular flexibility index (Phi) is 9.59. The molecule has 0 saturated carbocycles. The summed E-state index contributed by atoms with van der Waals surface area (Å²) in [4.78, 5) is 13.2. The van der Waals surface area contributed by atoms with Crippen LogP contribution in [-0.2, 0) is 0 Å². The molecule has 166 valence electrons. The second-order valence-electron chi connectivity index (χ2n) is 6.77. The fourth-order valence-corrected chi connectivity index (χ4v) is 3.12. The van der Waals surface area contributed by atoms with Crippen molar-refractivity contribution in [2.75, 3.05) is 31.6 Å². The highest BCUT2D eigenvalue weighted by molar-refractivity contribution is 6.30. The van der Waals surface area contributed by atoms with Gasteiger partial charge in [-0.2, -0.15) is 0 Å². The van der Waals surface area contributed by atoms with E-state index in [1.165, 1.54) is 0 Å². The molecule has 6 nitrogen and oxygen atoms in total. The number of nitrogens with one attached hydrogen (secondary N) is 1. The number of nitrogens with two attached hydrogens (primary N) is 2. The number of ether oxygens (including phenoxy) is 2. The van der Waals surface area contributed by atoms with Crippen molar-refractivity contribution in [1.29, 1.82) is 0 Å². The second-order valence-corrected chi connectivity index (χ2v) is 7.21. The van der Waals surface area contributed by atoms with Crippen LogP contribution in [0.1, 0.15) is 30.6 Å². The number of hydrogen-bond donors (Lipinski definition) is 3. The standard InChI is InChI=1S/C23H26ClN3O3.CH4/c24-18-7-8-20(22(15-18)30-12-4-10-26)27-23(28)19-13-16-5-1-2-6-17(16)14-21(19)29-11-3-9-25;/h1-2,5-8,13-15H,3-4,9-12,25-26H2,(H,27,28);1H4. The SMILES string of the molecule is C.NCCCOc1cc(Cl)ccc1NC(=O)c1cc2ccccc2cc1OCCCN. The normalized spacial score (nSPS) is 10.4. The van der Waals surface area contributed by atoms with Gasteiger partial charge in [-0.05, 0) is 61.0 Å². The van der Waals surface area contributed by atoms with Crippen molar-refractivity contribution in [3.8, 4) is 11.5 Å². The zero-order valence-electron chi connectivity index (χ0n) is 16.7. The zero-order valence-corrected chi connectivity index (χ0v) is 17.5. The number of benzene rings is 3. The molecule has 3 rings (SSSR count). The van der Waals surface area contributed by atoms with Gasteiger partial charge >= 0.3 is 0 Å². The second kappa shape index (κ2) is 12.2. The highest BCUT2D eigenvalue weighted by atomic mass is 35.5. The van der Waals surface area contributed by atoms with Crippen molar-refractivity contribution in [1.82, 2.24) is 0 Å². The molecule has 0 aliphatic carbocycles. The van der Waals surface area contributed by atoms with E-state index in [1.54, 1.807) is 18.2 Å². The fraction of sp³-hybridized carbons (Fsp3) is 0.292. The van der Waals surface area contributed by atoms with E-state index in [1.807, 2.05) is 36.4 Å². The van der Waals surface area contributed by atoms with Crippen LogP contribution in [0.25, 0.3) is 10.8 Å². The van der Waals surface area contributed by atoms with Crippen molar-refractivity contribution in [2.45, 2.75) is 20.3 Å². The van der Waals surface area contributed by atoms with E-state index in [0.29, 0.717) is 66.9 Å². The van der Waals surface area contributed by atoms with Gasteiger partial charge in [0.05, 0.1) is 24.5 Å². The molecule has 0 heterocycles. The zero-order chi connectivity index (χ0) is 21.3. The average Bonchev–Trinajstić information content (AvgIpc) is 2.75. The van der Waals surface area contributed by atoms with Crippen LogP contribution in [0.5, 0.6) is 11.5 Å². The molecular formula is C24H30ClN3O3. The molecule has 0 aromatic heterocycles. The topological polar surface area (TPSA) is 99.6 Å². The van der Waals surface area contributed by atoms with Gasteiger partial charge < -0.3 is 26.3 Å². The highest BCUT2D eigenvalue weighted by Crippen LogP contribution is 2.31. The number of anilines is 1. The van der Waals surface area contributed by atoms with Gasteiger partial charge in [0, 0.05) is 11.1 Å². The Balaban J connectivity index is 0.00000341. The Bertz CT molecular complexity index is 1010. The molecule has 0 spiro atoms. The molecule has 3 aromatic rings. The van der Waals surface area contributed by atoms with Crippen molar-refractivity contribution in [2.24, 2.45) is 11.5 Å². The van der Waals surface area contributed by atoms with Gasteiger partial charge in [-0.15, -0.1) is 0 Å². The third kappa shape index (κ3) is 6.59. The van der Waals surface area contributed by atoms with Gasteiger partial charge in [0.2, 0.25) is 0 Å². The van der Waals surface area contributed by atoms with Crippen molar-refractivity contribution in [3.05, 3.63) is 65.2 Å². The first-order valence-electron chi connectivity index (χ1n) is 9.92. The number of fused-ring (bicyclic) bond motifs is 1. The number of halogens is 1. The fourth-order valence-electron chi connectivity index (χ4n) is 2.96. The van der Waals surface area contributed by atoms with E-state index in [0.717, 1.165) is 10.8 Å². The summed E-state index contributed by atoms with van der Waals surface area (Å²) in [6.07, 6.45) is 1.40. The Morgan fingerprint density at radius 2 is 1.48 bits per heavy atom. The molecule has 1 amide bonds. The van der Waals surface area contributed by atoms with Crippen LogP contribution >= 0.6 is 11.6 Å². The van der Waals surface area contributed by atoms with Crippen LogP contribution < -0.4 is 26.3 Å².